The molecular weight excluding hydrogens is 342 g/mol. The minimum absolute atomic E-state index is 0.0866. The molecule has 0 aliphatic rings. The summed E-state index contributed by atoms with van der Waals surface area (Å²) >= 11 is 0. The van der Waals surface area contributed by atoms with Crippen molar-refractivity contribution in [2.45, 2.75) is 24.8 Å². The van der Waals surface area contributed by atoms with Crippen LogP contribution in [-0.4, -0.2) is 37.6 Å². The maximum Gasteiger partial charge on any atom is 0.226 e. The molecule has 0 bridgehead atoms. The van der Waals surface area contributed by atoms with Crippen LogP contribution in [0.3, 0.4) is 0 Å². The monoisotopic (exact) mass is 361 g/mol. The van der Waals surface area contributed by atoms with Crippen molar-refractivity contribution in [2.24, 2.45) is 0 Å². The van der Waals surface area contributed by atoms with Gasteiger partial charge in [-0.3, -0.25) is 4.98 Å². The van der Waals surface area contributed by atoms with Gasteiger partial charge in [0.1, 0.15) is 17.3 Å². The summed E-state index contributed by atoms with van der Waals surface area (Å²) in [7, 11) is -0.575. The number of benzene rings is 1. The summed E-state index contributed by atoms with van der Waals surface area (Å²) in [5.74, 6) is 1.02. The minimum Gasteiger partial charge on any atom is -0.497 e. The molecular formula is C17H19N3O4S. The molecule has 2 heterocycles. The predicted molar refractivity (Wildman–Crippen MR) is 93.8 cm³/mol. The van der Waals surface area contributed by atoms with Crippen LogP contribution >= 0.6 is 0 Å². The van der Waals surface area contributed by atoms with Gasteiger partial charge in [-0.1, -0.05) is 0 Å². The number of hydrogen-bond acceptors (Lipinski definition) is 6. The Labute approximate surface area is 145 Å². The van der Waals surface area contributed by atoms with E-state index in [2.05, 4.69) is 15.0 Å². The van der Waals surface area contributed by atoms with E-state index < -0.39 is 9.84 Å². The fraction of sp³-hybridized carbons (Fsp3) is 0.294. The van der Waals surface area contributed by atoms with Crippen LogP contribution in [0.15, 0.2) is 29.6 Å². The van der Waals surface area contributed by atoms with Gasteiger partial charge in [0.25, 0.3) is 0 Å². The van der Waals surface area contributed by atoms with Gasteiger partial charge in [-0.2, -0.15) is 0 Å². The molecule has 0 spiro atoms. The van der Waals surface area contributed by atoms with Gasteiger partial charge in [-0.15, -0.1) is 0 Å². The summed E-state index contributed by atoms with van der Waals surface area (Å²) in [5.41, 5.74) is 3.18. The highest BCUT2D eigenvalue weighted by molar-refractivity contribution is 7.90. The number of sulfone groups is 1. The molecule has 25 heavy (non-hydrogen) atoms. The van der Waals surface area contributed by atoms with Crippen LogP contribution in [0.2, 0.25) is 0 Å². The highest BCUT2D eigenvalue weighted by Crippen LogP contribution is 2.27. The average Bonchev–Trinajstić information content (AvgIpc) is 3.02. The first-order chi connectivity index (χ1) is 11.9. The molecule has 2 aromatic heterocycles. The molecule has 0 atom stereocenters. The lowest BCUT2D eigenvalue weighted by atomic mass is 10.1. The molecule has 0 radical (unpaired) electrons. The maximum absolute atomic E-state index is 12.8. The summed E-state index contributed by atoms with van der Waals surface area (Å²) in [4.78, 5) is 11.3. The zero-order chi connectivity index (χ0) is 18.2. The van der Waals surface area contributed by atoms with Crippen molar-refractivity contribution in [3.8, 4) is 11.5 Å². The molecule has 1 N–H and O–H groups in total. The zero-order valence-corrected chi connectivity index (χ0v) is 15.3. The van der Waals surface area contributed by atoms with Crippen molar-refractivity contribution in [3.05, 3.63) is 41.2 Å². The first-order valence-corrected chi connectivity index (χ1v) is 9.26. The molecule has 0 unspecified atom stereocenters. The molecule has 0 saturated heterocycles. The molecule has 132 valence electrons. The first kappa shape index (κ1) is 17.2. The van der Waals surface area contributed by atoms with E-state index in [4.69, 9.17) is 9.47 Å². The number of aromatic nitrogens is 3. The second kappa shape index (κ2) is 6.36. The van der Waals surface area contributed by atoms with E-state index in [9.17, 15) is 8.42 Å². The number of methoxy groups -OCH3 is 2. The quantitative estimate of drug-likeness (QED) is 0.750. The van der Waals surface area contributed by atoms with Crippen LogP contribution < -0.4 is 9.47 Å². The van der Waals surface area contributed by atoms with E-state index in [-0.39, 0.29) is 10.9 Å². The van der Waals surface area contributed by atoms with Crippen molar-refractivity contribution >= 4 is 20.9 Å². The van der Waals surface area contributed by atoms with E-state index in [1.54, 1.807) is 45.5 Å². The van der Waals surface area contributed by atoms with Crippen LogP contribution in [0.25, 0.3) is 11.0 Å². The summed E-state index contributed by atoms with van der Waals surface area (Å²) < 4.78 is 36.0. The maximum atomic E-state index is 12.8. The Kier molecular flexibility index (Phi) is 4.38. The van der Waals surface area contributed by atoms with Gasteiger partial charge in [0.15, 0.2) is 0 Å². The SMILES string of the molecule is COc1ccc2nc(S(=O)(=O)Cc3ncc(C)c(OC)c3C)[nH]c2c1. The van der Waals surface area contributed by atoms with E-state index in [1.807, 2.05) is 6.92 Å². The minimum atomic E-state index is -3.68. The second-order valence-electron chi connectivity index (χ2n) is 5.73. The fourth-order valence-electron chi connectivity index (χ4n) is 2.70. The number of pyridine rings is 1. The van der Waals surface area contributed by atoms with Gasteiger partial charge < -0.3 is 14.5 Å². The normalized spacial score (nSPS) is 11.7. The van der Waals surface area contributed by atoms with Gasteiger partial charge in [0.2, 0.25) is 15.0 Å². The number of ether oxygens (including phenoxy) is 2. The van der Waals surface area contributed by atoms with Crippen LogP contribution in [-0.2, 0) is 15.6 Å². The van der Waals surface area contributed by atoms with E-state index in [0.29, 0.717) is 33.8 Å². The molecule has 0 fully saturated rings. The highest BCUT2D eigenvalue weighted by atomic mass is 32.2. The molecule has 7 nitrogen and oxygen atoms in total. The summed E-state index contributed by atoms with van der Waals surface area (Å²) in [6.07, 6.45) is 1.61. The number of H-pyrrole nitrogens is 1. The highest BCUT2D eigenvalue weighted by Gasteiger charge is 2.23. The lowest BCUT2D eigenvalue weighted by Crippen LogP contribution is -2.10. The molecule has 8 heteroatoms. The molecule has 0 amide bonds. The number of aryl methyl sites for hydroxylation is 1. The Balaban J connectivity index is 2.00. The summed E-state index contributed by atoms with van der Waals surface area (Å²) in [6, 6.07) is 5.15. The Morgan fingerprint density at radius 2 is 1.92 bits per heavy atom. The number of nitrogens with zero attached hydrogens (tertiary/aromatic N) is 2. The Bertz CT molecular complexity index is 1040. The topological polar surface area (TPSA) is 94.2 Å². The van der Waals surface area contributed by atoms with Crippen LogP contribution in [0.1, 0.15) is 16.8 Å². The number of aromatic amines is 1. The molecule has 0 aliphatic heterocycles. The van der Waals surface area contributed by atoms with Gasteiger partial charge >= 0.3 is 0 Å². The third-order valence-corrected chi connectivity index (χ3v) is 5.47. The van der Waals surface area contributed by atoms with E-state index in [1.165, 1.54) is 0 Å². The van der Waals surface area contributed by atoms with Gasteiger partial charge in [0, 0.05) is 23.4 Å². The Morgan fingerprint density at radius 1 is 1.16 bits per heavy atom. The number of rotatable bonds is 5. The van der Waals surface area contributed by atoms with Gasteiger partial charge in [-0.05, 0) is 26.0 Å². The lowest BCUT2D eigenvalue weighted by molar-refractivity contribution is 0.407. The second-order valence-corrected chi connectivity index (χ2v) is 7.64. The van der Waals surface area contributed by atoms with Crippen molar-refractivity contribution in [1.29, 1.82) is 0 Å². The largest absolute Gasteiger partial charge is 0.497 e. The predicted octanol–water partition coefficient (Wildman–Crippen LogP) is 2.57. The van der Waals surface area contributed by atoms with E-state index >= 15 is 0 Å². The number of imidazole rings is 1. The first-order valence-electron chi connectivity index (χ1n) is 7.61. The van der Waals surface area contributed by atoms with Gasteiger partial charge in [-0.25, -0.2) is 13.4 Å². The number of hydrogen-bond donors (Lipinski definition) is 1. The van der Waals surface area contributed by atoms with Crippen molar-refractivity contribution in [3.63, 3.8) is 0 Å². The van der Waals surface area contributed by atoms with Crippen molar-refractivity contribution < 1.29 is 17.9 Å². The molecule has 3 rings (SSSR count). The Morgan fingerprint density at radius 3 is 2.60 bits per heavy atom. The fourth-order valence-corrected chi connectivity index (χ4v) is 4.00. The van der Waals surface area contributed by atoms with Crippen molar-refractivity contribution in [1.82, 2.24) is 15.0 Å². The third-order valence-electron chi connectivity index (χ3n) is 4.04. The smallest absolute Gasteiger partial charge is 0.226 e. The van der Waals surface area contributed by atoms with Crippen molar-refractivity contribution in [2.75, 3.05) is 14.2 Å². The molecule has 1 aromatic carbocycles. The number of nitrogens with one attached hydrogen (secondary N) is 1. The summed E-state index contributed by atoms with van der Waals surface area (Å²) in [6.45, 7) is 3.66. The molecule has 3 aromatic rings. The van der Waals surface area contributed by atoms with Gasteiger partial charge in [0.05, 0.1) is 30.9 Å². The van der Waals surface area contributed by atoms with E-state index in [0.717, 1.165) is 5.56 Å². The molecule has 0 aliphatic carbocycles. The van der Waals surface area contributed by atoms with Crippen LogP contribution in [0.4, 0.5) is 0 Å². The number of fused-ring (bicyclic) bond motifs is 1. The van der Waals surface area contributed by atoms with Crippen LogP contribution in [0.5, 0.6) is 11.5 Å². The standard InChI is InChI=1S/C17H19N3O4S/c1-10-8-18-15(11(2)16(10)24-4)9-25(21,22)17-19-13-6-5-12(23-3)7-14(13)20-17/h5-8H,9H2,1-4H3,(H,19,20). The lowest BCUT2D eigenvalue weighted by Gasteiger charge is -2.11. The molecule has 0 saturated carbocycles. The third kappa shape index (κ3) is 3.17. The summed E-state index contributed by atoms with van der Waals surface area (Å²) in [5, 5.41) is -0.0866. The Hall–Kier alpha value is -2.61. The average molecular weight is 361 g/mol. The zero-order valence-electron chi connectivity index (χ0n) is 14.5. The van der Waals surface area contributed by atoms with Crippen LogP contribution in [0, 0.1) is 13.8 Å².